The molecule has 0 aromatic heterocycles. The number of carbonyl (C=O) groups excluding carboxylic acids is 4. The molecule has 1 aliphatic carbocycles. The molecule has 2 aliphatic heterocycles. The fraction of sp³-hybridized carbons (Fsp3) is 0.524. The van der Waals surface area contributed by atoms with Crippen LogP contribution in [0.2, 0.25) is 0 Å². The first-order valence-electron chi connectivity index (χ1n) is 9.52. The lowest BCUT2D eigenvalue weighted by Crippen LogP contribution is -2.51. The van der Waals surface area contributed by atoms with E-state index < -0.39 is 53.8 Å². The van der Waals surface area contributed by atoms with E-state index in [0.717, 1.165) is 6.92 Å². The maximum absolute atomic E-state index is 12.4. The summed E-state index contributed by atoms with van der Waals surface area (Å²) in [6.07, 6.45) is -2.38. The van der Waals surface area contributed by atoms with E-state index >= 15 is 0 Å². The summed E-state index contributed by atoms with van der Waals surface area (Å²) in [7, 11) is 0. The zero-order valence-corrected chi connectivity index (χ0v) is 16.8. The highest BCUT2D eigenvalue weighted by Crippen LogP contribution is 2.45. The Labute approximate surface area is 173 Å². The number of rotatable bonds is 4. The summed E-state index contributed by atoms with van der Waals surface area (Å²) in [6, 6.07) is 0. The zero-order chi connectivity index (χ0) is 22.2. The van der Waals surface area contributed by atoms with E-state index in [1.165, 1.54) is 6.92 Å². The van der Waals surface area contributed by atoms with E-state index in [-0.39, 0.29) is 23.3 Å². The van der Waals surface area contributed by atoms with Crippen molar-refractivity contribution in [1.29, 1.82) is 0 Å². The Balaban J connectivity index is 2.15. The first kappa shape index (κ1) is 21.9. The molecule has 3 aliphatic rings. The molecule has 6 atom stereocenters. The molecule has 0 amide bonds. The van der Waals surface area contributed by atoms with Crippen LogP contribution in [0.1, 0.15) is 26.7 Å². The van der Waals surface area contributed by atoms with E-state index in [4.69, 9.17) is 18.9 Å². The summed E-state index contributed by atoms with van der Waals surface area (Å²) in [5.41, 5.74) is -0.907. The zero-order valence-electron chi connectivity index (χ0n) is 16.8. The molecular formula is C21H24O9. The smallest absolute Gasteiger partial charge is 0.334 e. The largest absolute Gasteiger partial charge is 0.455 e. The normalized spacial score (nSPS) is 37.3. The highest BCUT2D eigenvalue weighted by molar-refractivity contribution is 5.92. The van der Waals surface area contributed by atoms with Crippen LogP contribution in [0.25, 0.3) is 0 Å². The molecule has 30 heavy (non-hydrogen) atoms. The number of esters is 3. The number of aliphatic hydroxyl groups is 1. The number of aldehydes is 1. The number of epoxide rings is 1. The van der Waals surface area contributed by atoms with Crippen molar-refractivity contribution in [3.8, 4) is 0 Å². The summed E-state index contributed by atoms with van der Waals surface area (Å²) in [5.74, 6) is -3.41. The van der Waals surface area contributed by atoms with E-state index in [1.807, 2.05) is 0 Å². The summed E-state index contributed by atoms with van der Waals surface area (Å²) >= 11 is 0. The Morgan fingerprint density at radius 2 is 2.00 bits per heavy atom. The first-order valence-corrected chi connectivity index (χ1v) is 9.52. The Morgan fingerprint density at radius 3 is 2.53 bits per heavy atom. The third kappa shape index (κ3) is 3.95. The topological polar surface area (TPSA) is 129 Å². The molecule has 2 saturated heterocycles. The molecule has 0 saturated carbocycles. The fourth-order valence-electron chi connectivity index (χ4n) is 3.87. The van der Waals surface area contributed by atoms with E-state index in [9.17, 15) is 24.3 Å². The van der Waals surface area contributed by atoms with Crippen molar-refractivity contribution >= 4 is 24.2 Å². The number of allylic oxidation sites excluding steroid dienone is 1. The van der Waals surface area contributed by atoms with Crippen LogP contribution in [0.4, 0.5) is 0 Å². The first-order chi connectivity index (χ1) is 14.1. The minimum Gasteiger partial charge on any atom is -0.455 e. The molecule has 3 rings (SSSR count). The molecule has 1 N–H and O–H groups in total. The quantitative estimate of drug-likeness (QED) is 0.228. The van der Waals surface area contributed by atoms with Crippen LogP contribution in [0, 0.1) is 5.92 Å². The predicted molar refractivity (Wildman–Crippen MR) is 101 cm³/mol. The molecule has 9 heteroatoms. The van der Waals surface area contributed by atoms with Crippen LogP contribution in [-0.4, -0.2) is 65.9 Å². The molecule has 0 radical (unpaired) electrons. The van der Waals surface area contributed by atoms with Crippen LogP contribution < -0.4 is 0 Å². The second-order valence-corrected chi connectivity index (χ2v) is 7.76. The Hall–Kier alpha value is -2.78. The van der Waals surface area contributed by atoms with Gasteiger partial charge in [0.25, 0.3) is 0 Å². The van der Waals surface area contributed by atoms with Gasteiger partial charge in [0.05, 0.1) is 12.5 Å². The highest BCUT2D eigenvalue weighted by atomic mass is 16.6. The van der Waals surface area contributed by atoms with Gasteiger partial charge in [-0.1, -0.05) is 19.2 Å². The molecule has 2 heterocycles. The number of hydrogen-bond donors (Lipinski definition) is 1. The van der Waals surface area contributed by atoms with Gasteiger partial charge in [0, 0.05) is 23.6 Å². The van der Waals surface area contributed by atoms with Crippen LogP contribution in [0.3, 0.4) is 0 Å². The summed E-state index contributed by atoms with van der Waals surface area (Å²) in [5, 5.41) is 11.0. The van der Waals surface area contributed by atoms with Crippen molar-refractivity contribution in [3.63, 3.8) is 0 Å². The van der Waals surface area contributed by atoms with Gasteiger partial charge in [0.15, 0.2) is 12.2 Å². The third-order valence-corrected chi connectivity index (χ3v) is 5.58. The summed E-state index contributed by atoms with van der Waals surface area (Å²) < 4.78 is 21.7. The molecule has 2 fully saturated rings. The number of carbonyl (C=O) groups is 4. The van der Waals surface area contributed by atoms with Crippen LogP contribution in [-0.2, 0) is 38.1 Å². The van der Waals surface area contributed by atoms with Gasteiger partial charge in [-0.05, 0) is 19.8 Å². The minimum absolute atomic E-state index is 0.0558. The number of fused-ring (bicyclic) bond motifs is 1. The van der Waals surface area contributed by atoms with Crippen LogP contribution in [0.15, 0.2) is 36.0 Å². The monoisotopic (exact) mass is 420 g/mol. The van der Waals surface area contributed by atoms with Gasteiger partial charge in [0.2, 0.25) is 0 Å². The number of hydrogen-bond acceptors (Lipinski definition) is 9. The second kappa shape index (κ2) is 8.16. The molecule has 9 nitrogen and oxygen atoms in total. The van der Waals surface area contributed by atoms with E-state index in [2.05, 4.69) is 13.2 Å². The second-order valence-electron chi connectivity index (χ2n) is 7.76. The summed E-state index contributed by atoms with van der Waals surface area (Å²) in [6.45, 7) is 10.1. The number of ether oxygens (including phenoxy) is 4. The maximum atomic E-state index is 12.4. The van der Waals surface area contributed by atoms with E-state index in [1.54, 1.807) is 6.08 Å². The minimum atomic E-state index is -1.36. The van der Waals surface area contributed by atoms with E-state index in [0.29, 0.717) is 19.1 Å². The molecule has 0 aromatic carbocycles. The number of aliphatic hydroxyl groups excluding tert-OH is 1. The van der Waals surface area contributed by atoms with Crippen LogP contribution in [0.5, 0.6) is 0 Å². The molecular weight excluding hydrogens is 396 g/mol. The van der Waals surface area contributed by atoms with Gasteiger partial charge in [-0.2, -0.15) is 0 Å². The van der Waals surface area contributed by atoms with Gasteiger partial charge in [-0.15, -0.1) is 0 Å². The Morgan fingerprint density at radius 1 is 1.33 bits per heavy atom. The van der Waals surface area contributed by atoms with Crippen molar-refractivity contribution < 1.29 is 43.2 Å². The maximum Gasteiger partial charge on any atom is 0.334 e. The standard InChI is InChI=1S/C21H24O9/c1-10(2)19(25)29-16-14-11(3)20(26)30-17(14)18(24)21(9-27-21)7-5-6-13(8-22)15(16)28-12(4)23/h6,8,14-18,24H,1,3,5,7,9H2,2,4H3/b13-6-/t14-,15?,16+,17+,18-,21-/m1/s1. The van der Waals surface area contributed by atoms with Crippen molar-refractivity contribution in [2.45, 2.75) is 56.7 Å². The average Bonchev–Trinajstić information content (AvgIpc) is 3.41. The lowest BCUT2D eigenvalue weighted by Gasteiger charge is -2.36. The van der Waals surface area contributed by atoms with Gasteiger partial charge in [-0.25, -0.2) is 9.59 Å². The fourth-order valence-corrected chi connectivity index (χ4v) is 3.87. The Kier molecular flexibility index (Phi) is 5.96. The van der Waals surface area contributed by atoms with Crippen molar-refractivity contribution in [2.75, 3.05) is 6.61 Å². The van der Waals surface area contributed by atoms with Gasteiger partial charge in [0.1, 0.15) is 24.1 Å². The van der Waals surface area contributed by atoms with Gasteiger partial charge < -0.3 is 24.1 Å². The molecule has 162 valence electrons. The van der Waals surface area contributed by atoms with Crippen molar-refractivity contribution in [3.05, 3.63) is 36.0 Å². The lowest BCUT2D eigenvalue weighted by atomic mass is 9.78. The molecule has 0 bridgehead atoms. The molecule has 0 aromatic rings. The SMILES string of the molecule is C=C(C)C(=O)O[C@@H]1C(OC(C)=O)/C(C=O)=C\CC[C@@]2(CO2)[C@H](O)[C@H]2OC(=O)C(=C)[C@@H]21. The lowest BCUT2D eigenvalue weighted by molar-refractivity contribution is -0.171. The van der Waals surface area contributed by atoms with Gasteiger partial charge >= 0.3 is 17.9 Å². The highest BCUT2D eigenvalue weighted by Gasteiger charge is 2.61. The predicted octanol–water partition coefficient (Wildman–Crippen LogP) is 0.553. The van der Waals surface area contributed by atoms with Gasteiger partial charge in [-0.3, -0.25) is 9.59 Å². The Bertz CT molecular complexity index is 835. The van der Waals surface area contributed by atoms with Crippen LogP contribution >= 0.6 is 0 Å². The third-order valence-electron chi connectivity index (χ3n) is 5.58. The van der Waals surface area contributed by atoms with Crippen molar-refractivity contribution in [2.24, 2.45) is 5.92 Å². The summed E-state index contributed by atoms with van der Waals surface area (Å²) in [4.78, 5) is 48.3. The molecule has 1 spiro atoms. The molecule has 1 unspecified atom stereocenters. The van der Waals surface area contributed by atoms with Crippen molar-refractivity contribution in [1.82, 2.24) is 0 Å². The average molecular weight is 420 g/mol.